The minimum absolute atomic E-state index is 0.185. The number of likely N-dealkylation sites (tertiary alicyclic amines) is 1. The van der Waals surface area contributed by atoms with Crippen LogP contribution in [-0.2, 0) is 4.74 Å². The fourth-order valence-electron chi connectivity index (χ4n) is 2.35. The monoisotopic (exact) mass is 217 g/mol. The second-order valence-electron chi connectivity index (χ2n) is 4.42. The van der Waals surface area contributed by atoms with Gasteiger partial charge in [0.15, 0.2) is 0 Å². The molecule has 0 aromatic carbocycles. The lowest BCUT2D eigenvalue weighted by Gasteiger charge is -2.40. The first-order chi connectivity index (χ1) is 7.19. The summed E-state index contributed by atoms with van der Waals surface area (Å²) in [5.41, 5.74) is 0. The molecule has 2 N–H and O–H groups in total. The molecule has 1 fully saturated rings. The van der Waals surface area contributed by atoms with Crippen LogP contribution in [0.15, 0.2) is 0 Å². The molecule has 0 aromatic rings. The third-order valence-corrected chi connectivity index (χ3v) is 3.19. The molecule has 0 spiro atoms. The van der Waals surface area contributed by atoms with Crippen molar-refractivity contribution in [3.05, 3.63) is 0 Å². The van der Waals surface area contributed by atoms with E-state index in [1.54, 1.807) is 7.11 Å². The molecule has 90 valence electrons. The maximum absolute atomic E-state index is 9.68. The van der Waals surface area contributed by atoms with Gasteiger partial charge in [-0.05, 0) is 19.8 Å². The molecule has 0 aliphatic carbocycles. The first kappa shape index (κ1) is 12.9. The fraction of sp³-hybridized carbons (Fsp3) is 1.00. The number of ether oxygens (including phenoxy) is 1. The van der Waals surface area contributed by atoms with Crippen LogP contribution in [0.2, 0.25) is 0 Å². The Morgan fingerprint density at radius 1 is 1.47 bits per heavy atom. The van der Waals surface area contributed by atoms with Crippen LogP contribution in [0.1, 0.15) is 26.2 Å². The molecule has 4 heteroatoms. The van der Waals surface area contributed by atoms with Gasteiger partial charge in [-0.15, -0.1) is 0 Å². The predicted molar refractivity (Wildman–Crippen MR) is 58.8 cm³/mol. The predicted octanol–water partition coefficient (Wildman–Crippen LogP) is 0.229. The summed E-state index contributed by atoms with van der Waals surface area (Å²) in [6.45, 7) is 3.30. The van der Waals surface area contributed by atoms with Gasteiger partial charge in [-0.2, -0.15) is 0 Å². The summed E-state index contributed by atoms with van der Waals surface area (Å²) in [4.78, 5) is 2.20. The molecule has 0 bridgehead atoms. The van der Waals surface area contributed by atoms with Gasteiger partial charge in [0.05, 0.1) is 19.3 Å². The number of methoxy groups -OCH3 is 1. The van der Waals surface area contributed by atoms with Crippen molar-refractivity contribution in [2.24, 2.45) is 0 Å². The number of piperidine rings is 1. The van der Waals surface area contributed by atoms with Crippen LogP contribution in [0.5, 0.6) is 0 Å². The molecule has 0 saturated carbocycles. The average Bonchev–Trinajstić information content (AvgIpc) is 2.21. The normalized spacial score (nSPS) is 30.4. The molecule has 4 nitrogen and oxygen atoms in total. The van der Waals surface area contributed by atoms with E-state index < -0.39 is 6.10 Å². The van der Waals surface area contributed by atoms with Crippen LogP contribution in [0.3, 0.4) is 0 Å². The Morgan fingerprint density at radius 2 is 2.20 bits per heavy atom. The third-order valence-electron chi connectivity index (χ3n) is 3.19. The standard InChI is InChI=1S/C11H23NO3/c1-9-4-3-5-10(7-13)12(9)6-11(14)8-15-2/h9-11,13-14H,3-8H2,1-2H3/t9-,10-,11-/m1/s1. The Balaban J connectivity index is 2.46. The molecule has 0 amide bonds. The second kappa shape index (κ2) is 6.43. The van der Waals surface area contributed by atoms with Crippen molar-refractivity contribution in [2.45, 2.75) is 44.4 Å². The quantitative estimate of drug-likeness (QED) is 0.692. The van der Waals surface area contributed by atoms with Crippen LogP contribution in [0.25, 0.3) is 0 Å². The third kappa shape index (κ3) is 3.72. The van der Waals surface area contributed by atoms with Crippen molar-refractivity contribution in [3.63, 3.8) is 0 Å². The molecular formula is C11H23NO3. The molecule has 0 radical (unpaired) electrons. The highest BCUT2D eigenvalue weighted by Gasteiger charge is 2.28. The number of nitrogens with zero attached hydrogens (tertiary/aromatic N) is 1. The molecule has 1 aliphatic heterocycles. The molecule has 0 aromatic heterocycles. The highest BCUT2D eigenvalue weighted by Crippen LogP contribution is 2.22. The number of rotatable bonds is 5. The minimum atomic E-state index is -0.454. The van der Waals surface area contributed by atoms with Gasteiger partial charge in [-0.25, -0.2) is 0 Å². The van der Waals surface area contributed by atoms with Gasteiger partial charge in [-0.1, -0.05) is 6.42 Å². The summed E-state index contributed by atoms with van der Waals surface area (Å²) in [7, 11) is 1.59. The maximum Gasteiger partial charge on any atom is 0.0900 e. The van der Waals surface area contributed by atoms with E-state index in [1.165, 1.54) is 6.42 Å². The lowest BCUT2D eigenvalue weighted by molar-refractivity contribution is -0.0128. The van der Waals surface area contributed by atoms with Gasteiger partial charge in [0.25, 0.3) is 0 Å². The van der Waals surface area contributed by atoms with Crippen molar-refractivity contribution >= 4 is 0 Å². The Kier molecular flexibility index (Phi) is 5.53. The number of hydrogen-bond acceptors (Lipinski definition) is 4. The number of β-amino-alcohol motifs (C(OH)–C–C–N with tert-alkyl or cyclic N) is 1. The summed E-state index contributed by atoms with van der Waals surface area (Å²) >= 11 is 0. The lowest BCUT2D eigenvalue weighted by Crippen LogP contribution is -2.50. The van der Waals surface area contributed by atoms with Gasteiger partial charge in [-0.3, -0.25) is 4.90 Å². The van der Waals surface area contributed by atoms with Gasteiger partial charge >= 0.3 is 0 Å². The van der Waals surface area contributed by atoms with Gasteiger partial charge in [0.1, 0.15) is 0 Å². The summed E-state index contributed by atoms with van der Waals surface area (Å²) in [6.07, 6.45) is 2.89. The van der Waals surface area contributed by atoms with Gasteiger partial charge in [0.2, 0.25) is 0 Å². The molecule has 1 saturated heterocycles. The first-order valence-corrected chi connectivity index (χ1v) is 5.72. The molecule has 1 rings (SSSR count). The smallest absolute Gasteiger partial charge is 0.0900 e. The van der Waals surface area contributed by atoms with Crippen LogP contribution >= 0.6 is 0 Å². The lowest BCUT2D eigenvalue weighted by atomic mass is 9.96. The van der Waals surface area contributed by atoms with E-state index in [2.05, 4.69) is 11.8 Å². The SMILES string of the molecule is COC[C@H](O)CN1[C@@H](CO)CCC[C@H]1C. The van der Waals surface area contributed by atoms with Crippen molar-refractivity contribution < 1.29 is 14.9 Å². The minimum Gasteiger partial charge on any atom is -0.395 e. The van der Waals surface area contributed by atoms with Crippen molar-refractivity contribution in [2.75, 3.05) is 26.9 Å². The van der Waals surface area contributed by atoms with Gasteiger partial charge in [0, 0.05) is 25.7 Å². The number of hydrogen-bond donors (Lipinski definition) is 2. The van der Waals surface area contributed by atoms with Crippen LogP contribution in [-0.4, -0.2) is 60.2 Å². The van der Waals surface area contributed by atoms with E-state index in [1.807, 2.05) is 0 Å². The van der Waals surface area contributed by atoms with Crippen molar-refractivity contribution in [1.82, 2.24) is 4.90 Å². The average molecular weight is 217 g/mol. The summed E-state index contributed by atoms with van der Waals surface area (Å²) in [6, 6.07) is 0.655. The van der Waals surface area contributed by atoms with Crippen molar-refractivity contribution in [3.8, 4) is 0 Å². The highest BCUT2D eigenvalue weighted by molar-refractivity contribution is 4.83. The molecule has 0 unspecified atom stereocenters. The van der Waals surface area contributed by atoms with Crippen LogP contribution in [0.4, 0.5) is 0 Å². The second-order valence-corrected chi connectivity index (χ2v) is 4.42. The zero-order valence-electron chi connectivity index (χ0n) is 9.72. The Bertz CT molecular complexity index is 177. The molecular weight excluding hydrogens is 194 g/mol. The molecule has 1 aliphatic rings. The summed E-state index contributed by atoms with van der Waals surface area (Å²) in [5, 5.41) is 19.0. The molecule has 1 heterocycles. The van der Waals surface area contributed by atoms with E-state index in [9.17, 15) is 10.2 Å². The van der Waals surface area contributed by atoms with E-state index >= 15 is 0 Å². The first-order valence-electron chi connectivity index (χ1n) is 5.72. The number of aliphatic hydroxyl groups excluding tert-OH is 2. The maximum atomic E-state index is 9.68. The van der Waals surface area contributed by atoms with Gasteiger partial charge < -0.3 is 14.9 Å². The topological polar surface area (TPSA) is 52.9 Å². The van der Waals surface area contributed by atoms with E-state index in [4.69, 9.17) is 4.74 Å². The Morgan fingerprint density at radius 3 is 2.80 bits per heavy atom. The zero-order chi connectivity index (χ0) is 11.3. The zero-order valence-corrected chi connectivity index (χ0v) is 9.72. The van der Waals surface area contributed by atoms with E-state index in [0.717, 1.165) is 12.8 Å². The summed E-state index contributed by atoms with van der Waals surface area (Å²) < 4.78 is 4.91. The Hall–Kier alpha value is -0.160. The van der Waals surface area contributed by atoms with Crippen LogP contribution in [0, 0.1) is 0 Å². The fourth-order valence-corrected chi connectivity index (χ4v) is 2.35. The van der Waals surface area contributed by atoms with E-state index in [-0.39, 0.29) is 12.6 Å². The Labute approximate surface area is 91.8 Å². The molecule has 15 heavy (non-hydrogen) atoms. The largest absolute Gasteiger partial charge is 0.395 e. The van der Waals surface area contributed by atoms with Crippen molar-refractivity contribution in [1.29, 1.82) is 0 Å². The van der Waals surface area contributed by atoms with E-state index in [0.29, 0.717) is 19.2 Å². The van der Waals surface area contributed by atoms with Crippen LogP contribution < -0.4 is 0 Å². The number of aliphatic hydroxyl groups is 2. The highest BCUT2D eigenvalue weighted by atomic mass is 16.5. The summed E-state index contributed by atoms with van der Waals surface area (Å²) in [5.74, 6) is 0. The molecule has 3 atom stereocenters.